The molecule has 0 amide bonds. The number of hydrogen-bond donors (Lipinski definition) is 1. The molecule has 0 aromatic carbocycles. The molecule has 1 heteroatoms. The van der Waals surface area contributed by atoms with Crippen LogP contribution < -0.4 is 0 Å². The first-order chi connectivity index (χ1) is 9.14. The average molecular weight is 264 g/mol. The summed E-state index contributed by atoms with van der Waals surface area (Å²) >= 11 is 0. The molecule has 0 saturated heterocycles. The SMILES string of the molecule is CC(C)CC1(C(O)C2=CCCCCCC2)CCCC1. The van der Waals surface area contributed by atoms with Crippen LogP contribution in [0.15, 0.2) is 11.6 Å². The fraction of sp³-hybridized carbons (Fsp3) is 0.889. The van der Waals surface area contributed by atoms with E-state index in [1.165, 1.54) is 69.8 Å². The van der Waals surface area contributed by atoms with Crippen LogP contribution in [0.2, 0.25) is 0 Å². The van der Waals surface area contributed by atoms with Gasteiger partial charge in [0.2, 0.25) is 0 Å². The van der Waals surface area contributed by atoms with Crippen molar-refractivity contribution in [2.45, 2.75) is 90.6 Å². The van der Waals surface area contributed by atoms with Gasteiger partial charge >= 0.3 is 0 Å². The lowest BCUT2D eigenvalue weighted by molar-refractivity contribution is 0.0364. The quantitative estimate of drug-likeness (QED) is 0.689. The molecule has 1 atom stereocenters. The standard InChI is InChI=1S/C18H32O/c1-15(2)14-18(12-8-9-13-18)17(19)16-10-6-4-3-5-7-11-16/h10,15,17,19H,3-9,11-14H2,1-2H3. The van der Waals surface area contributed by atoms with Crippen LogP contribution in [0.5, 0.6) is 0 Å². The molecule has 0 aromatic heterocycles. The Morgan fingerprint density at radius 2 is 1.74 bits per heavy atom. The van der Waals surface area contributed by atoms with Crippen molar-refractivity contribution < 1.29 is 5.11 Å². The molecule has 1 N–H and O–H groups in total. The van der Waals surface area contributed by atoms with E-state index in [9.17, 15) is 5.11 Å². The number of allylic oxidation sites excluding steroid dienone is 1. The highest BCUT2D eigenvalue weighted by atomic mass is 16.3. The minimum absolute atomic E-state index is 0.157. The zero-order chi connectivity index (χ0) is 13.7. The third-order valence-corrected chi connectivity index (χ3v) is 5.17. The minimum Gasteiger partial charge on any atom is -0.388 e. The van der Waals surface area contributed by atoms with Crippen LogP contribution in [-0.4, -0.2) is 11.2 Å². The second-order valence-electron chi connectivity index (χ2n) is 7.30. The molecule has 0 heterocycles. The van der Waals surface area contributed by atoms with E-state index < -0.39 is 0 Å². The van der Waals surface area contributed by atoms with Crippen LogP contribution in [0.25, 0.3) is 0 Å². The first-order valence-corrected chi connectivity index (χ1v) is 8.51. The third-order valence-electron chi connectivity index (χ3n) is 5.17. The fourth-order valence-corrected chi connectivity index (χ4v) is 4.34. The van der Waals surface area contributed by atoms with Gasteiger partial charge in [-0.2, -0.15) is 0 Å². The molecule has 2 rings (SSSR count). The van der Waals surface area contributed by atoms with Gasteiger partial charge in [0.15, 0.2) is 0 Å². The monoisotopic (exact) mass is 264 g/mol. The van der Waals surface area contributed by atoms with Crippen LogP contribution in [-0.2, 0) is 0 Å². The molecule has 1 nitrogen and oxygen atoms in total. The van der Waals surface area contributed by atoms with Crippen molar-refractivity contribution in [2.24, 2.45) is 11.3 Å². The van der Waals surface area contributed by atoms with Crippen molar-refractivity contribution in [2.75, 3.05) is 0 Å². The fourth-order valence-electron chi connectivity index (χ4n) is 4.34. The third kappa shape index (κ3) is 3.84. The molecule has 1 fully saturated rings. The summed E-state index contributed by atoms with van der Waals surface area (Å²) in [6.45, 7) is 4.61. The summed E-state index contributed by atoms with van der Waals surface area (Å²) in [6.07, 6.45) is 16.2. The highest BCUT2D eigenvalue weighted by Gasteiger charge is 2.42. The van der Waals surface area contributed by atoms with E-state index in [1.807, 2.05) is 0 Å². The van der Waals surface area contributed by atoms with Crippen LogP contribution >= 0.6 is 0 Å². The predicted octanol–water partition coefficient (Wildman–Crippen LogP) is 5.23. The first-order valence-electron chi connectivity index (χ1n) is 8.51. The maximum absolute atomic E-state index is 11.0. The molecular weight excluding hydrogens is 232 g/mol. The Labute approximate surface area is 119 Å². The second-order valence-corrected chi connectivity index (χ2v) is 7.30. The molecule has 0 aliphatic heterocycles. The zero-order valence-electron chi connectivity index (χ0n) is 13.0. The highest BCUT2D eigenvalue weighted by Crippen LogP contribution is 2.48. The number of aliphatic hydroxyl groups excluding tert-OH is 1. The molecule has 0 bridgehead atoms. The Hall–Kier alpha value is -0.300. The van der Waals surface area contributed by atoms with Gasteiger partial charge in [-0.05, 0) is 56.4 Å². The van der Waals surface area contributed by atoms with Crippen molar-refractivity contribution in [3.63, 3.8) is 0 Å². The summed E-state index contributed by atoms with van der Waals surface area (Å²) in [7, 11) is 0. The lowest BCUT2D eigenvalue weighted by Crippen LogP contribution is -2.35. The molecule has 110 valence electrons. The Morgan fingerprint density at radius 1 is 1.05 bits per heavy atom. The normalized spacial score (nSPS) is 25.8. The number of hydrogen-bond acceptors (Lipinski definition) is 1. The van der Waals surface area contributed by atoms with E-state index >= 15 is 0 Å². The van der Waals surface area contributed by atoms with Gasteiger partial charge < -0.3 is 5.11 Å². The molecule has 19 heavy (non-hydrogen) atoms. The van der Waals surface area contributed by atoms with Crippen LogP contribution in [0.3, 0.4) is 0 Å². The van der Waals surface area contributed by atoms with E-state index in [-0.39, 0.29) is 11.5 Å². The minimum atomic E-state index is -0.157. The van der Waals surface area contributed by atoms with Gasteiger partial charge in [0.25, 0.3) is 0 Å². The van der Waals surface area contributed by atoms with E-state index in [4.69, 9.17) is 0 Å². The average Bonchev–Trinajstić information content (AvgIpc) is 2.76. The van der Waals surface area contributed by atoms with E-state index in [0.717, 1.165) is 6.42 Å². The lowest BCUT2D eigenvalue weighted by Gasteiger charge is -2.38. The van der Waals surface area contributed by atoms with E-state index in [0.29, 0.717) is 5.92 Å². The first kappa shape index (κ1) is 15.1. The second kappa shape index (κ2) is 6.92. The summed E-state index contributed by atoms with van der Waals surface area (Å²) in [5.74, 6) is 0.696. The smallest absolute Gasteiger partial charge is 0.0806 e. The zero-order valence-corrected chi connectivity index (χ0v) is 13.0. The van der Waals surface area contributed by atoms with Gasteiger partial charge in [0, 0.05) is 5.41 Å². The van der Waals surface area contributed by atoms with Gasteiger partial charge in [0.05, 0.1) is 6.10 Å². The summed E-state index contributed by atoms with van der Waals surface area (Å²) in [5.41, 5.74) is 1.58. The molecule has 2 aliphatic rings. The molecular formula is C18H32O. The molecule has 1 unspecified atom stereocenters. The van der Waals surface area contributed by atoms with Crippen molar-refractivity contribution in [1.29, 1.82) is 0 Å². The van der Waals surface area contributed by atoms with Crippen LogP contribution in [0, 0.1) is 11.3 Å². The Bertz CT molecular complexity index is 297. The van der Waals surface area contributed by atoms with Gasteiger partial charge in [0.1, 0.15) is 0 Å². The molecule has 0 radical (unpaired) electrons. The van der Waals surface area contributed by atoms with E-state index in [2.05, 4.69) is 19.9 Å². The summed E-state index contributed by atoms with van der Waals surface area (Å²) < 4.78 is 0. The number of rotatable bonds is 4. The summed E-state index contributed by atoms with van der Waals surface area (Å²) in [6, 6.07) is 0. The highest BCUT2D eigenvalue weighted by molar-refractivity contribution is 5.15. The number of aliphatic hydroxyl groups is 1. The van der Waals surface area contributed by atoms with Crippen molar-refractivity contribution in [3.8, 4) is 0 Å². The van der Waals surface area contributed by atoms with Crippen molar-refractivity contribution in [3.05, 3.63) is 11.6 Å². The Balaban J connectivity index is 2.11. The predicted molar refractivity (Wildman–Crippen MR) is 82.1 cm³/mol. The summed E-state index contributed by atoms with van der Waals surface area (Å²) in [4.78, 5) is 0. The topological polar surface area (TPSA) is 20.2 Å². The van der Waals surface area contributed by atoms with Gasteiger partial charge in [-0.15, -0.1) is 0 Å². The maximum atomic E-state index is 11.0. The Morgan fingerprint density at radius 3 is 2.42 bits per heavy atom. The van der Waals surface area contributed by atoms with Crippen molar-refractivity contribution in [1.82, 2.24) is 0 Å². The molecule has 2 aliphatic carbocycles. The van der Waals surface area contributed by atoms with Gasteiger partial charge in [-0.3, -0.25) is 0 Å². The molecule has 1 saturated carbocycles. The largest absolute Gasteiger partial charge is 0.388 e. The lowest BCUT2D eigenvalue weighted by atomic mass is 9.70. The van der Waals surface area contributed by atoms with Crippen molar-refractivity contribution >= 4 is 0 Å². The van der Waals surface area contributed by atoms with E-state index in [1.54, 1.807) is 0 Å². The van der Waals surface area contributed by atoms with Gasteiger partial charge in [-0.25, -0.2) is 0 Å². The molecule has 0 aromatic rings. The van der Waals surface area contributed by atoms with Crippen LogP contribution in [0.1, 0.15) is 84.5 Å². The van der Waals surface area contributed by atoms with Crippen LogP contribution in [0.4, 0.5) is 0 Å². The van der Waals surface area contributed by atoms with Gasteiger partial charge in [-0.1, -0.05) is 45.6 Å². The maximum Gasteiger partial charge on any atom is 0.0806 e. The summed E-state index contributed by atoms with van der Waals surface area (Å²) in [5, 5.41) is 11.0. The molecule has 0 spiro atoms. The Kier molecular flexibility index (Phi) is 5.50.